The van der Waals surface area contributed by atoms with Crippen molar-refractivity contribution in [2.45, 2.75) is 28.8 Å². The standard InChI is InChI=1S/C42H46ClN6O5S2/c1-46(2)23-22-35(30-55-37-9-4-3-5-10-37)44-40-21-20-38(28-41(40)49(51)52)56(53,54)45-42(50)32-14-18-36(19-15-32)48-26-24-47(25-27-48)29-33-8-6-7-11-39(33)31-12-16-34(43)17-13-31/h3-21,28,35,44,51H,22-27,29-30H2,1-2H3,(H,45,50)/q-1/t35-/m1/s1. The summed E-state index contributed by atoms with van der Waals surface area (Å²) >= 11 is 7.76. The highest BCUT2D eigenvalue weighted by atomic mass is 35.5. The zero-order valence-electron chi connectivity index (χ0n) is 31.3. The van der Waals surface area contributed by atoms with Crippen molar-refractivity contribution >= 4 is 56.4 Å². The van der Waals surface area contributed by atoms with Crippen LogP contribution in [0.25, 0.3) is 11.1 Å². The summed E-state index contributed by atoms with van der Waals surface area (Å²) in [5, 5.41) is 25.9. The van der Waals surface area contributed by atoms with Crippen molar-refractivity contribution < 1.29 is 18.4 Å². The molecule has 0 spiro atoms. The van der Waals surface area contributed by atoms with Crippen molar-refractivity contribution in [3.63, 3.8) is 0 Å². The van der Waals surface area contributed by atoms with Crippen LogP contribution in [0.2, 0.25) is 5.02 Å². The smallest absolute Gasteiger partial charge is 0.264 e. The number of nitrogens with zero attached hydrogens (tertiary/aromatic N) is 4. The average molecular weight is 814 g/mol. The molecule has 0 radical (unpaired) electrons. The van der Waals surface area contributed by atoms with E-state index in [4.69, 9.17) is 11.6 Å². The first-order chi connectivity index (χ1) is 26.9. The van der Waals surface area contributed by atoms with E-state index in [1.54, 1.807) is 23.9 Å². The molecule has 5 aromatic rings. The number of carbonyl (C=O) groups excluding carboxylic acids is 1. The minimum absolute atomic E-state index is 0.112. The molecular weight excluding hydrogens is 768 g/mol. The molecule has 0 aliphatic carbocycles. The minimum atomic E-state index is -4.40. The number of piperazine rings is 1. The second-order valence-corrected chi connectivity index (χ2v) is 17.1. The third-order valence-corrected chi connectivity index (χ3v) is 12.4. The molecule has 5 aromatic carbocycles. The largest absolute Gasteiger partial charge is 0.733 e. The Bertz CT molecular complexity index is 2170. The Morgan fingerprint density at radius 3 is 2.25 bits per heavy atom. The highest BCUT2D eigenvalue weighted by Crippen LogP contribution is 2.31. The van der Waals surface area contributed by atoms with Gasteiger partial charge in [-0.05, 0) is 110 Å². The van der Waals surface area contributed by atoms with E-state index in [-0.39, 0.29) is 33.1 Å². The summed E-state index contributed by atoms with van der Waals surface area (Å²) in [6.07, 6.45) is 0.725. The van der Waals surface area contributed by atoms with Crippen LogP contribution in [0.3, 0.4) is 0 Å². The maximum absolute atomic E-state index is 13.4. The maximum Gasteiger partial charge on any atom is 0.264 e. The number of thioether (sulfide) groups is 1. The SMILES string of the molecule is CN(C)CC[C@H](CSc1ccccc1)Nc1ccc(S(=O)(=O)NC(=O)c2ccc(N3CCN(Cc4ccccc4-c4ccc(Cl)cc4)CC3)cc2)cc1N([O-])O. The minimum Gasteiger partial charge on any atom is -0.733 e. The van der Waals surface area contributed by atoms with E-state index in [0.29, 0.717) is 10.8 Å². The van der Waals surface area contributed by atoms with E-state index >= 15 is 0 Å². The van der Waals surface area contributed by atoms with Crippen LogP contribution in [-0.2, 0) is 16.6 Å². The molecule has 11 nitrogen and oxygen atoms in total. The number of anilines is 3. The first-order valence-corrected chi connectivity index (χ1v) is 21.2. The second kappa shape index (κ2) is 19.0. The summed E-state index contributed by atoms with van der Waals surface area (Å²) in [5.41, 5.74) is 4.65. The monoisotopic (exact) mass is 813 g/mol. The van der Waals surface area contributed by atoms with Gasteiger partial charge in [0, 0.05) is 65.7 Å². The molecule has 0 bridgehead atoms. The normalized spacial score (nSPS) is 14.1. The molecule has 0 saturated carbocycles. The average Bonchev–Trinajstić information content (AvgIpc) is 3.20. The Labute approximate surface area is 338 Å². The summed E-state index contributed by atoms with van der Waals surface area (Å²) in [5.74, 6) is -0.151. The highest BCUT2D eigenvalue weighted by molar-refractivity contribution is 7.99. The molecule has 6 rings (SSSR count). The van der Waals surface area contributed by atoms with Gasteiger partial charge >= 0.3 is 0 Å². The molecule has 294 valence electrons. The van der Waals surface area contributed by atoms with Gasteiger partial charge in [0.25, 0.3) is 15.9 Å². The highest BCUT2D eigenvalue weighted by Gasteiger charge is 2.23. The van der Waals surface area contributed by atoms with E-state index in [0.717, 1.165) is 67.9 Å². The number of hydrogen-bond acceptors (Lipinski definition) is 11. The summed E-state index contributed by atoms with van der Waals surface area (Å²) in [7, 11) is -0.461. The van der Waals surface area contributed by atoms with Crippen LogP contribution in [0, 0.1) is 5.21 Å². The molecule has 0 aromatic heterocycles. The predicted molar refractivity (Wildman–Crippen MR) is 227 cm³/mol. The Morgan fingerprint density at radius 2 is 1.57 bits per heavy atom. The fourth-order valence-electron chi connectivity index (χ4n) is 6.54. The lowest BCUT2D eigenvalue weighted by Gasteiger charge is -2.36. The van der Waals surface area contributed by atoms with Crippen LogP contribution < -0.4 is 20.2 Å². The van der Waals surface area contributed by atoms with Gasteiger partial charge in [0.1, 0.15) is 0 Å². The molecule has 1 aliphatic heterocycles. The molecule has 1 saturated heterocycles. The summed E-state index contributed by atoms with van der Waals surface area (Å²) in [6.45, 7) is 4.87. The van der Waals surface area contributed by atoms with Gasteiger partial charge in [0.15, 0.2) is 0 Å². The molecule has 0 unspecified atom stereocenters. The molecular formula is C42H46ClN6O5S2-. The van der Waals surface area contributed by atoms with Gasteiger partial charge in [-0.3, -0.25) is 14.9 Å². The molecule has 14 heteroatoms. The summed E-state index contributed by atoms with van der Waals surface area (Å²) < 4.78 is 28.8. The van der Waals surface area contributed by atoms with Gasteiger partial charge in [-0.15, -0.1) is 11.8 Å². The van der Waals surface area contributed by atoms with Crippen LogP contribution in [0.15, 0.2) is 131 Å². The van der Waals surface area contributed by atoms with Crippen molar-refractivity contribution in [1.82, 2.24) is 14.5 Å². The first-order valence-electron chi connectivity index (χ1n) is 18.3. The van der Waals surface area contributed by atoms with Gasteiger partial charge in [0.05, 0.1) is 16.3 Å². The number of nitrogens with one attached hydrogen (secondary N) is 2. The van der Waals surface area contributed by atoms with E-state index in [2.05, 4.69) is 38.0 Å². The lowest BCUT2D eigenvalue weighted by molar-refractivity contribution is 0.0981. The first kappa shape index (κ1) is 41.0. The summed E-state index contributed by atoms with van der Waals surface area (Å²) in [6, 6.07) is 36.7. The molecule has 1 fully saturated rings. The quantitative estimate of drug-likeness (QED) is 0.0671. The van der Waals surface area contributed by atoms with Crippen LogP contribution >= 0.6 is 23.4 Å². The van der Waals surface area contributed by atoms with Gasteiger partial charge in [-0.1, -0.05) is 66.2 Å². The van der Waals surface area contributed by atoms with Crippen LogP contribution in [0.4, 0.5) is 17.1 Å². The number of hydrogen-bond donors (Lipinski definition) is 3. The molecule has 1 amide bonds. The Balaban J connectivity index is 1.06. The Kier molecular flexibility index (Phi) is 13.9. The zero-order valence-corrected chi connectivity index (χ0v) is 33.7. The van der Waals surface area contributed by atoms with E-state index in [1.807, 2.05) is 91.8 Å². The van der Waals surface area contributed by atoms with Gasteiger partial charge < -0.3 is 25.6 Å². The van der Waals surface area contributed by atoms with Crippen LogP contribution in [0.5, 0.6) is 0 Å². The van der Waals surface area contributed by atoms with Gasteiger partial charge in [-0.25, -0.2) is 13.1 Å². The summed E-state index contributed by atoms with van der Waals surface area (Å²) in [4.78, 5) is 20.6. The van der Waals surface area contributed by atoms with E-state index in [9.17, 15) is 23.6 Å². The van der Waals surface area contributed by atoms with Crippen LogP contribution in [0.1, 0.15) is 22.3 Å². The maximum atomic E-state index is 13.4. The van der Waals surface area contributed by atoms with E-state index < -0.39 is 15.9 Å². The van der Waals surface area contributed by atoms with Crippen molar-refractivity contribution in [3.8, 4) is 11.1 Å². The van der Waals surface area contributed by atoms with Crippen molar-refractivity contribution in [2.24, 2.45) is 0 Å². The van der Waals surface area contributed by atoms with E-state index in [1.165, 1.54) is 23.3 Å². The molecule has 56 heavy (non-hydrogen) atoms. The molecule has 3 N–H and O–H groups in total. The number of halogens is 1. The lowest BCUT2D eigenvalue weighted by atomic mass is 9.99. The van der Waals surface area contributed by atoms with Gasteiger partial charge in [-0.2, -0.15) is 0 Å². The fraction of sp³-hybridized carbons (Fsp3) is 0.262. The number of benzene rings is 5. The fourth-order valence-corrected chi connectivity index (χ4v) is 8.65. The van der Waals surface area contributed by atoms with Gasteiger partial charge in [0.2, 0.25) is 0 Å². The van der Waals surface area contributed by atoms with Crippen LogP contribution in [-0.4, -0.2) is 87.9 Å². The second-order valence-electron chi connectivity index (χ2n) is 13.9. The topological polar surface area (TPSA) is 132 Å². The third-order valence-electron chi connectivity index (χ3n) is 9.62. The Morgan fingerprint density at radius 1 is 0.893 bits per heavy atom. The lowest BCUT2D eigenvalue weighted by Crippen LogP contribution is -2.46. The number of sulfonamides is 1. The predicted octanol–water partition coefficient (Wildman–Crippen LogP) is 7.67. The Hall–Kier alpha value is -4.60. The zero-order chi connectivity index (χ0) is 39.7. The number of rotatable bonds is 16. The molecule has 1 aliphatic rings. The molecule has 1 heterocycles. The molecule has 1 atom stereocenters. The van der Waals surface area contributed by atoms with Crippen molar-refractivity contribution in [3.05, 3.63) is 143 Å². The number of carbonyl (C=O) groups is 1. The van der Waals surface area contributed by atoms with Crippen molar-refractivity contribution in [2.75, 3.05) is 68.0 Å². The number of amides is 1. The third kappa shape index (κ3) is 11.0. The van der Waals surface area contributed by atoms with Crippen molar-refractivity contribution in [1.29, 1.82) is 0 Å².